The molecule has 0 aliphatic carbocycles. The van der Waals surface area contributed by atoms with Crippen LogP contribution in [0.3, 0.4) is 0 Å². The minimum Gasteiger partial charge on any atom is -0.274 e. The fraction of sp³-hybridized carbons (Fsp3) is 0.273. The van der Waals surface area contributed by atoms with Crippen molar-refractivity contribution in [3.63, 3.8) is 0 Å². The zero-order valence-corrected chi connectivity index (χ0v) is 8.73. The van der Waals surface area contributed by atoms with Crippen LogP contribution in [0.15, 0.2) is 41.3 Å². The van der Waals surface area contributed by atoms with E-state index in [4.69, 9.17) is 5.14 Å². The summed E-state index contributed by atoms with van der Waals surface area (Å²) in [4.78, 5) is 1.12. The highest BCUT2D eigenvalue weighted by Crippen LogP contribution is 2.15. The van der Waals surface area contributed by atoms with Gasteiger partial charge in [0.25, 0.3) is 0 Å². The Morgan fingerprint density at radius 1 is 1.54 bits per heavy atom. The first-order valence-electron chi connectivity index (χ1n) is 4.32. The van der Waals surface area contributed by atoms with Gasteiger partial charge >= 0.3 is 0 Å². The molecule has 2 N–H and O–H groups in total. The molecule has 0 aromatic heterocycles. The number of nitrogens with two attached hydrogens (primary N) is 1. The standard InChI is InChI=1S/C11H15NS/c1-9(2)6-7-10-4-3-5-11(8-10)13-12/h3-5,8H,1,6-7,12H2,2H3. The van der Waals surface area contributed by atoms with Crippen molar-refractivity contribution in [2.75, 3.05) is 0 Å². The second-order valence-corrected chi connectivity index (χ2v) is 3.93. The maximum Gasteiger partial charge on any atom is 0.0228 e. The van der Waals surface area contributed by atoms with Gasteiger partial charge in [0.15, 0.2) is 0 Å². The second kappa shape index (κ2) is 5.10. The Balaban J connectivity index is 2.61. The zero-order valence-electron chi connectivity index (χ0n) is 7.92. The van der Waals surface area contributed by atoms with Crippen molar-refractivity contribution < 1.29 is 0 Å². The average molecular weight is 193 g/mol. The van der Waals surface area contributed by atoms with Gasteiger partial charge < -0.3 is 0 Å². The van der Waals surface area contributed by atoms with E-state index in [1.165, 1.54) is 23.1 Å². The molecule has 0 spiro atoms. The van der Waals surface area contributed by atoms with Crippen LogP contribution in [0, 0.1) is 0 Å². The smallest absolute Gasteiger partial charge is 0.0228 e. The van der Waals surface area contributed by atoms with Crippen molar-refractivity contribution in [3.8, 4) is 0 Å². The van der Waals surface area contributed by atoms with Crippen LogP contribution in [-0.2, 0) is 6.42 Å². The Bertz CT molecular complexity index is 294. The number of benzene rings is 1. The molecule has 0 fully saturated rings. The number of aryl methyl sites for hydroxylation is 1. The van der Waals surface area contributed by atoms with E-state index in [0.717, 1.165) is 17.7 Å². The maximum absolute atomic E-state index is 5.47. The summed E-state index contributed by atoms with van der Waals surface area (Å²) in [7, 11) is 0. The fourth-order valence-electron chi connectivity index (χ4n) is 1.13. The molecule has 0 unspecified atom stereocenters. The van der Waals surface area contributed by atoms with E-state index in [2.05, 4.69) is 25.6 Å². The molecule has 2 heteroatoms. The quantitative estimate of drug-likeness (QED) is 0.587. The SMILES string of the molecule is C=C(C)CCc1cccc(SN)c1. The van der Waals surface area contributed by atoms with Crippen LogP contribution in [0.5, 0.6) is 0 Å². The molecule has 0 atom stereocenters. The van der Waals surface area contributed by atoms with Crippen molar-refractivity contribution in [1.29, 1.82) is 0 Å². The molecular weight excluding hydrogens is 178 g/mol. The molecule has 0 aliphatic rings. The Labute approximate surface area is 84.2 Å². The lowest BCUT2D eigenvalue weighted by molar-refractivity contribution is 0.941. The van der Waals surface area contributed by atoms with Gasteiger partial charge in [0.2, 0.25) is 0 Å². The molecule has 1 aromatic carbocycles. The van der Waals surface area contributed by atoms with Crippen LogP contribution in [0.2, 0.25) is 0 Å². The van der Waals surface area contributed by atoms with E-state index in [-0.39, 0.29) is 0 Å². The first-order valence-corrected chi connectivity index (χ1v) is 5.20. The van der Waals surface area contributed by atoms with Crippen molar-refractivity contribution in [1.82, 2.24) is 0 Å². The van der Waals surface area contributed by atoms with Crippen LogP contribution in [0.25, 0.3) is 0 Å². The van der Waals surface area contributed by atoms with Crippen molar-refractivity contribution in [2.24, 2.45) is 5.14 Å². The lowest BCUT2D eigenvalue weighted by Gasteiger charge is -2.02. The van der Waals surface area contributed by atoms with Gasteiger partial charge in [-0.05, 0) is 49.4 Å². The Kier molecular flexibility index (Phi) is 4.06. The largest absolute Gasteiger partial charge is 0.274 e. The molecule has 0 amide bonds. The highest BCUT2D eigenvalue weighted by atomic mass is 32.2. The van der Waals surface area contributed by atoms with Crippen molar-refractivity contribution in [2.45, 2.75) is 24.7 Å². The summed E-state index contributed by atoms with van der Waals surface area (Å²) < 4.78 is 0. The Morgan fingerprint density at radius 2 is 2.31 bits per heavy atom. The van der Waals surface area contributed by atoms with Gasteiger partial charge in [-0.1, -0.05) is 17.7 Å². The molecule has 1 rings (SSSR count). The van der Waals surface area contributed by atoms with Gasteiger partial charge in [0.05, 0.1) is 0 Å². The number of rotatable bonds is 4. The monoisotopic (exact) mass is 193 g/mol. The van der Waals surface area contributed by atoms with Gasteiger partial charge in [-0.3, -0.25) is 5.14 Å². The summed E-state index contributed by atoms with van der Waals surface area (Å²) in [5.41, 5.74) is 2.56. The van der Waals surface area contributed by atoms with Crippen LogP contribution in [0.4, 0.5) is 0 Å². The molecule has 0 saturated heterocycles. The number of allylic oxidation sites excluding steroid dienone is 1. The lowest BCUT2D eigenvalue weighted by atomic mass is 10.1. The summed E-state index contributed by atoms with van der Waals surface area (Å²) in [6.07, 6.45) is 2.11. The molecular formula is C11H15NS. The van der Waals surface area contributed by atoms with Crippen LogP contribution < -0.4 is 5.14 Å². The molecule has 0 bridgehead atoms. The predicted molar refractivity (Wildman–Crippen MR) is 59.6 cm³/mol. The minimum atomic E-state index is 1.05. The molecule has 70 valence electrons. The van der Waals surface area contributed by atoms with Gasteiger partial charge in [-0.2, -0.15) is 0 Å². The van der Waals surface area contributed by atoms with E-state index in [9.17, 15) is 0 Å². The third-order valence-electron chi connectivity index (χ3n) is 1.87. The van der Waals surface area contributed by atoms with E-state index in [1.54, 1.807) is 0 Å². The van der Waals surface area contributed by atoms with Crippen molar-refractivity contribution >= 4 is 11.9 Å². The molecule has 1 aromatic rings. The Morgan fingerprint density at radius 3 is 2.92 bits per heavy atom. The minimum absolute atomic E-state index is 1.05. The van der Waals surface area contributed by atoms with E-state index >= 15 is 0 Å². The van der Waals surface area contributed by atoms with Crippen LogP contribution >= 0.6 is 11.9 Å². The molecule has 1 nitrogen and oxygen atoms in total. The molecule has 0 saturated carbocycles. The van der Waals surface area contributed by atoms with Gasteiger partial charge in [0, 0.05) is 4.90 Å². The first kappa shape index (κ1) is 10.4. The van der Waals surface area contributed by atoms with Crippen molar-refractivity contribution in [3.05, 3.63) is 42.0 Å². The lowest BCUT2D eigenvalue weighted by Crippen LogP contribution is -1.87. The summed E-state index contributed by atoms with van der Waals surface area (Å²) in [5.74, 6) is 0. The normalized spacial score (nSPS) is 10.0. The fourth-order valence-corrected chi connectivity index (χ4v) is 1.51. The average Bonchev–Trinajstić information content (AvgIpc) is 2.15. The van der Waals surface area contributed by atoms with E-state index < -0.39 is 0 Å². The first-order chi connectivity index (χ1) is 6.22. The molecule has 0 aliphatic heterocycles. The second-order valence-electron chi connectivity index (χ2n) is 3.22. The highest BCUT2D eigenvalue weighted by molar-refractivity contribution is 7.97. The van der Waals surface area contributed by atoms with Gasteiger partial charge in [-0.25, -0.2) is 0 Å². The summed E-state index contributed by atoms with van der Waals surface area (Å²) >= 11 is 1.29. The molecule has 13 heavy (non-hydrogen) atoms. The van der Waals surface area contributed by atoms with Crippen LogP contribution in [-0.4, -0.2) is 0 Å². The predicted octanol–water partition coefficient (Wildman–Crippen LogP) is 3.16. The summed E-state index contributed by atoms with van der Waals surface area (Å²) in [6.45, 7) is 5.94. The summed E-state index contributed by atoms with van der Waals surface area (Å²) in [5, 5.41) is 5.47. The van der Waals surface area contributed by atoms with Gasteiger partial charge in [-0.15, -0.1) is 6.58 Å². The third-order valence-corrected chi connectivity index (χ3v) is 2.40. The maximum atomic E-state index is 5.47. The Hall–Kier alpha value is -0.730. The highest BCUT2D eigenvalue weighted by Gasteiger charge is 1.95. The number of hydrogen-bond donors (Lipinski definition) is 1. The van der Waals surface area contributed by atoms with Crippen LogP contribution in [0.1, 0.15) is 18.9 Å². The molecule has 0 radical (unpaired) electrons. The van der Waals surface area contributed by atoms with Gasteiger partial charge in [0.1, 0.15) is 0 Å². The molecule has 0 heterocycles. The van der Waals surface area contributed by atoms with E-state index in [0.29, 0.717) is 0 Å². The third kappa shape index (κ3) is 3.66. The zero-order chi connectivity index (χ0) is 9.68. The number of hydrogen-bond acceptors (Lipinski definition) is 2. The topological polar surface area (TPSA) is 26.0 Å². The summed E-state index contributed by atoms with van der Waals surface area (Å²) in [6, 6.07) is 8.33. The van der Waals surface area contributed by atoms with E-state index in [1.807, 2.05) is 12.1 Å².